The van der Waals surface area contributed by atoms with Crippen LogP contribution in [0.15, 0.2) is 425 Å². The van der Waals surface area contributed by atoms with E-state index in [9.17, 15) is 0 Å². The van der Waals surface area contributed by atoms with E-state index in [0.29, 0.717) is 0 Å². The summed E-state index contributed by atoms with van der Waals surface area (Å²) in [6.45, 7) is -1.29. The molecule has 0 fully saturated rings. The van der Waals surface area contributed by atoms with Crippen LogP contribution in [0, 0.1) is 23.7 Å². The summed E-state index contributed by atoms with van der Waals surface area (Å²) < 4.78 is 11.7. The second-order valence-corrected chi connectivity index (χ2v) is 26.5. The van der Waals surface area contributed by atoms with E-state index < -0.39 is 34.7 Å². The zero-order chi connectivity index (χ0) is 70.4. The van der Waals surface area contributed by atoms with Gasteiger partial charge in [-0.25, -0.2) is 0 Å². The number of benzene rings is 15. The molecule has 104 heavy (non-hydrogen) atoms. The van der Waals surface area contributed by atoms with Crippen LogP contribution >= 0.6 is 0 Å². The Labute approximate surface area is 614 Å². The highest BCUT2D eigenvalue weighted by Crippen LogP contribution is 2.56. The molecule has 4 heteroatoms. The SMILES string of the molecule is COc1ccc(C#Cc2cc(B(C(c3ccccc3)(c3ccccc3)c3ccccc3)C(c3ccccc3)(c3ccccc3)c3ccccc3)c(C#Cc3ccc(OC)cc3)cc2B(C(c2ccccc2)(c2ccccc2)c2ccccc2)C(c2ccccc2)(c2ccccc2)c2ccccc2)cc1. The number of rotatable bonds is 20. The summed E-state index contributed by atoms with van der Waals surface area (Å²) in [7, 11) is 3.42. The first-order valence-electron chi connectivity index (χ1n) is 35.7. The van der Waals surface area contributed by atoms with Crippen molar-refractivity contribution in [3.05, 3.63) is 514 Å². The molecular formula is C100H76B2O2. The maximum absolute atomic E-state index is 5.85. The molecular weight excluding hydrogens is 1250 g/mol. The van der Waals surface area contributed by atoms with Gasteiger partial charge < -0.3 is 9.47 Å². The topological polar surface area (TPSA) is 18.5 Å². The highest BCUT2D eigenvalue weighted by molar-refractivity contribution is 6.84. The second kappa shape index (κ2) is 30.5. The van der Waals surface area contributed by atoms with Gasteiger partial charge in [0.2, 0.25) is 13.4 Å². The summed E-state index contributed by atoms with van der Waals surface area (Å²) in [5, 5.41) is -4.30. The number of methoxy groups -OCH3 is 2. The van der Waals surface area contributed by atoms with Crippen molar-refractivity contribution in [1.29, 1.82) is 0 Å². The van der Waals surface area contributed by atoms with Crippen molar-refractivity contribution in [3.8, 4) is 35.2 Å². The van der Waals surface area contributed by atoms with E-state index in [1.165, 1.54) is 0 Å². The molecule has 0 N–H and O–H groups in total. The molecule has 0 bridgehead atoms. The predicted octanol–water partition coefficient (Wildman–Crippen LogP) is 20.2. The van der Waals surface area contributed by atoms with Gasteiger partial charge in [0.05, 0.1) is 14.2 Å². The highest BCUT2D eigenvalue weighted by atomic mass is 16.5. The van der Waals surface area contributed by atoms with E-state index in [1.807, 2.05) is 24.3 Å². The van der Waals surface area contributed by atoms with E-state index in [1.54, 1.807) is 14.2 Å². The summed E-state index contributed by atoms with van der Waals surface area (Å²) in [5.41, 5.74) is 18.5. The first kappa shape index (κ1) is 67.0. The quantitative estimate of drug-likeness (QED) is 0.0430. The Morgan fingerprint density at radius 3 is 0.490 bits per heavy atom. The standard InChI is InChI=1S/C100H76B2O2/c1-103-93-71-65-77(66-72-93)63-69-79-75-96(102(99(87-51-27-9-28-52-87,88-53-29-10-30-54-88)89-55-31-11-32-56-89)100(90-57-33-12-34-58-90,91-59-35-13-36-60-91)92-61-37-14-38-62-92)80(70-64-78-67-73-94(104-2)74-68-78)76-95(79)101(97(81-39-15-3-16-40-81,82-41-17-4-18-42-82)83-43-19-5-20-44-83)98(84-45-21-6-22-46-84,85-47-23-7-24-48-85)86-49-25-8-26-50-86/h3-62,65-68,71-76H,1-2H3. The van der Waals surface area contributed by atoms with E-state index in [0.717, 1.165) is 111 Å². The van der Waals surface area contributed by atoms with Crippen molar-refractivity contribution in [1.82, 2.24) is 0 Å². The minimum Gasteiger partial charge on any atom is -0.497 e. The van der Waals surface area contributed by atoms with Gasteiger partial charge in [-0.3, -0.25) is 0 Å². The smallest absolute Gasteiger partial charge is 0.220 e. The maximum Gasteiger partial charge on any atom is 0.220 e. The Kier molecular flexibility index (Phi) is 19.7. The Bertz CT molecular complexity index is 4420. The van der Waals surface area contributed by atoms with Crippen LogP contribution in [-0.2, 0) is 21.3 Å². The third-order valence-electron chi connectivity index (χ3n) is 21.2. The van der Waals surface area contributed by atoms with Crippen molar-refractivity contribution >= 4 is 24.4 Å². The van der Waals surface area contributed by atoms with Crippen LogP contribution in [0.5, 0.6) is 11.5 Å². The summed E-state index contributed by atoms with van der Waals surface area (Å²) in [6.07, 6.45) is 0. The van der Waals surface area contributed by atoms with E-state index in [4.69, 9.17) is 9.47 Å². The fourth-order valence-electron chi connectivity index (χ4n) is 17.0. The van der Waals surface area contributed by atoms with Gasteiger partial charge in [-0.15, -0.1) is 0 Å². The van der Waals surface area contributed by atoms with Gasteiger partial charge in [0, 0.05) is 43.5 Å². The van der Waals surface area contributed by atoms with Crippen LogP contribution in [0.3, 0.4) is 0 Å². The van der Waals surface area contributed by atoms with Crippen molar-refractivity contribution in [2.75, 3.05) is 14.2 Å². The molecule has 0 radical (unpaired) electrons. The fraction of sp³-hybridized carbons (Fsp3) is 0.0600. The molecule has 15 aromatic carbocycles. The van der Waals surface area contributed by atoms with Crippen molar-refractivity contribution in [3.63, 3.8) is 0 Å². The normalized spacial score (nSPS) is 11.4. The minimum absolute atomic E-state index is 0.646. The zero-order valence-electron chi connectivity index (χ0n) is 58.4. The van der Waals surface area contributed by atoms with Crippen molar-refractivity contribution < 1.29 is 9.47 Å². The summed E-state index contributed by atoms with van der Waals surface area (Å²) in [4.78, 5) is 0. The van der Waals surface area contributed by atoms with Crippen LogP contribution < -0.4 is 20.4 Å². The summed E-state index contributed by atoms with van der Waals surface area (Å²) in [5.74, 6) is 17.7. The molecule has 0 aliphatic heterocycles. The molecule has 15 aromatic rings. The molecule has 0 saturated carbocycles. The Morgan fingerprint density at radius 2 is 0.346 bits per heavy atom. The van der Waals surface area contributed by atoms with Crippen LogP contribution in [-0.4, -0.2) is 27.6 Å². The predicted molar refractivity (Wildman–Crippen MR) is 432 cm³/mol. The van der Waals surface area contributed by atoms with Gasteiger partial charge in [-0.1, -0.05) is 411 Å². The van der Waals surface area contributed by atoms with Crippen molar-refractivity contribution in [2.24, 2.45) is 0 Å². The lowest BCUT2D eigenvalue weighted by atomic mass is 9.12. The number of ether oxygens (including phenoxy) is 2. The molecule has 0 aliphatic rings. The van der Waals surface area contributed by atoms with Gasteiger partial charge in [0.15, 0.2) is 0 Å². The number of hydrogen-bond acceptors (Lipinski definition) is 2. The molecule has 15 rings (SSSR count). The lowest BCUT2D eigenvalue weighted by molar-refractivity contribution is 0.414. The van der Waals surface area contributed by atoms with Gasteiger partial charge in [-0.05, 0) is 115 Å². The average molecular weight is 1330 g/mol. The largest absolute Gasteiger partial charge is 0.497 e. The molecule has 0 saturated heterocycles. The Morgan fingerprint density at radius 1 is 0.192 bits per heavy atom. The van der Waals surface area contributed by atoms with E-state index in [2.05, 4.69) is 424 Å². The second-order valence-electron chi connectivity index (χ2n) is 26.5. The lowest BCUT2D eigenvalue weighted by Gasteiger charge is -2.53. The summed E-state index contributed by atoms with van der Waals surface area (Å²) >= 11 is 0. The third kappa shape index (κ3) is 12.3. The molecule has 494 valence electrons. The van der Waals surface area contributed by atoms with Crippen molar-refractivity contribution in [2.45, 2.75) is 21.3 Å². The van der Waals surface area contributed by atoms with E-state index in [-0.39, 0.29) is 0 Å². The molecule has 2 nitrogen and oxygen atoms in total. The maximum atomic E-state index is 5.85. The van der Waals surface area contributed by atoms with Gasteiger partial charge in [-0.2, -0.15) is 0 Å². The first-order chi connectivity index (χ1) is 51.5. The number of hydrogen-bond donors (Lipinski definition) is 0. The first-order valence-corrected chi connectivity index (χ1v) is 35.7. The molecule has 0 heterocycles. The lowest BCUT2D eigenvalue weighted by Crippen LogP contribution is -2.67. The molecule has 0 aromatic heterocycles. The molecule has 0 atom stereocenters. The van der Waals surface area contributed by atoms with Crippen LogP contribution in [0.1, 0.15) is 89.0 Å². The fourth-order valence-corrected chi connectivity index (χ4v) is 17.0. The Balaban J connectivity index is 1.26. The molecule has 0 spiro atoms. The van der Waals surface area contributed by atoms with Crippen LogP contribution in [0.4, 0.5) is 0 Å². The third-order valence-corrected chi connectivity index (χ3v) is 21.2. The van der Waals surface area contributed by atoms with Gasteiger partial charge in [0.1, 0.15) is 11.5 Å². The molecule has 0 aliphatic carbocycles. The average Bonchev–Trinajstić information content (AvgIpc) is 0.689. The summed E-state index contributed by atoms with van der Waals surface area (Å²) in [6, 6.07) is 156. The molecule has 0 amide bonds. The molecule has 0 unspecified atom stereocenters. The Hall–Kier alpha value is -12.9. The van der Waals surface area contributed by atoms with Gasteiger partial charge in [0.25, 0.3) is 0 Å². The monoisotopic (exact) mass is 1330 g/mol. The van der Waals surface area contributed by atoms with E-state index >= 15 is 0 Å². The van der Waals surface area contributed by atoms with Gasteiger partial charge >= 0.3 is 0 Å². The highest BCUT2D eigenvalue weighted by Gasteiger charge is 2.63. The zero-order valence-corrected chi connectivity index (χ0v) is 58.4. The van der Waals surface area contributed by atoms with Crippen LogP contribution in [0.2, 0.25) is 0 Å². The minimum atomic E-state index is -1.08. The van der Waals surface area contributed by atoms with Crippen LogP contribution in [0.25, 0.3) is 0 Å².